The van der Waals surface area contributed by atoms with Gasteiger partial charge in [-0.25, -0.2) is 0 Å². The highest BCUT2D eigenvalue weighted by Crippen LogP contribution is 2.62. The van der Waals surface area contributed by atoms with Gasteiger partial charge in [-0.2, -0.15) is 0 Å². The Morgan fingerprint density at radius 1 is 0.730 bits per heavy atom. The smallest absolute Gasteiger partial charge is 0.232 e. The highest BCUT2D eigenvalue weighted by atomic mass is 127. The van der Waals surface area contributed by atoms with Crippen molar-refractivity contribution in [2.45, 2.75) is 25.7 Å². The molecule has 0 fully saturated rings. The van der Waals surface area contributed by atoms with Crippen molar-refractivity contribution >= 4 is 76.4 Å². The molecule has 0 aliphatic carbocycles. The molecule has 4 aromatic carbocycles. The molecule has 0 bridgehead atoms. The summed E-state index contributed by atoms with van der Waals surface area (Å²) in [4.78, 5) is 14.6. The summed E-state index contributed by atoms with van der Waals surface area (Å²) in [6, 6.07) is 39.4. The highest BCUT2D eigenvalue weighted by Gasteiger charge is 2.51. The van der Waals surface area contributed by atoms with Crippen LogP contribution in [0.25, 0.3) is 0 Å². The summed E-state index contributed by atoms with van der Waals surface area (Å²) in [7, 11) is -2.45. The van der Waals surface area contributed by atoms with Crippen molar-refractivity contribution in [2.75, 3.05) is 0 Å². The molecule has 4 rings (SSSR count). The predicted octanol–water partition coefficient (Wildman–Crippen LogP) is 8.01. The van der Waals surface area contributed by atoms with Gasteiger partial charge in [-0.1, -0.05) is 98.7 Å². The summed E-state index contributed by atoms with van der Waals surface area (Å²) < 4.78 is 0. The third-order valence-corrected chi connectivity index (χ3v) is 11.3. The maximum atomic E-state index is 13.5. The summed E-state index contributed by atoms with van der Waals surface area (Å²) in [5, 5.41) is 9.76. The predicted molar refractivity (Wildman–Crippen MR) is 174 cm³/mol. The molecule has 0 radical (unpaired) electrons. The molecular formula is C31H31ClINOPS+. The largest absolute Gasteiger partial charge is 0.295 e. The van der Waals surface area contributed by atoms with Crippen LogP contribution in [-0.4, -0.2) is 5.91 Å². The van der Waals surface area contributed by atoms with E-state index in [9.17, 15) is 4.79 Å². The van der Waals surface area contributed by atoms with E-state index in [1.165, 1.54) is 15.9 Å². The molecule has 2 nitrogen and oxygen atoms in total. The molecular weight excluding hydrogens is 628 g/mol. The number of halogens is 2. The first kappa shape index (κ1) is 29.4. The van der Waals surface area contributed by atoms with E-state index in [1.54, 1.807) is 11.8 Å². The van der Waals surface area contributed by atoms with E-state index in [2.05, 4.69) is 83.5 Å². The van der Waals surface area contributed by atoms with Gasteiger partial charge in [0.05, 0.1) is 0 Å². The molecule has 1 N–H and O–H groups in total. The Hall–Kier alpha value is -2.11. The molecule has 0 saturated carbocycles. The van der Waals surface area contributed by atoms with Crippen molar-refractivity contribution in [3.8, 4) is 0 Å². The van der Waals surface area contributed by atoms with Crippen molar-refractivity contribution < 1.29 is 4.79 Å². The summed E-state index contributed by atoms with van der Waals surface area (Å²) in [5.41, 5.74) is 0.356. The highest BCUT2D eigenvalue weighted by molar-refractivity contribution is 14.0. The molecule has 1 amide bonds. The lowest BCUT2D eigenvalue weighted by Gasteiger charge is -2.31. The fourth-order valence-corrected chi connectivity index (χ4v) is 9.33. The average molecular weight is 659 g/mol. The molecule has 190 valence electrons. The monoisotopic (exact) mass is 658 g/mol. The van der Waals surface area contributed by atoms with Gasteiger partial charge >= 0.3 is 0 Å². The Bertz CT molecular complexity index is 1230. The molecule has 0 aromatic heterocycles. The number of thioether (sulfide) groups is 1. The van der Waals surface area contributed by atoms with Gasteiger partial charge in [-0.3, -0.25) is 10.1 Å². The molecule has 37 heavy (non-hydrogen) atoms. The summed E-state index contributed by atoms with van der Waals surface area (Å²) in [5.74, 6) is -0.0161. The Morgan fingerprint density at radius 3 is 1.51 bits per heavy atom. The number of hydrogen-bond acceptors (Lipinski definition) is 2. The Labute approximate surface area is 247 Å². The third kappa shape index (κ3) is 6.86. The number of carbonyl (C=O) groups excluding carboxylic acids is 1. The second kappa shape index (κ2) is 13.1. The van der Waals surface area contributed by atoms with E-state index in [0.29, 0.717) is 5.02 Å². The van der Waals surface area contributed by atoms with Crippen LogP contribution in [0.1, 0.15) is 20.8 Å². The molecule has 0 aliphatic rings. The zero-order valence-corrected chi connectivity index (χ0v) is 25.9. The second-order valence-corrected chi connectivity index (χ2v) is 14.2. The number of benzene rings is 4. The van der Waals surface area contributed by atoms with Crippen molar-refractivity contribution in [2.24, 2.45) is 5.41 Å². The van der Waals surface area contributed by atoms with Crippen LogP contribution in [0.5, 0.6) is 0 Å². The SMILES string of the molecule is CC(C)(C)C(=O)N/C(=C\Sc1ccc(Cl)cc1)[P+](c1ccccc1)(c1ccccc1)c1ccccc1.I. The number of rotatable bonds is 7. The van der Waals surface area contributed by atoms with E-state index in [0.717, 1.165) is 10.3 Å². The first-order valence-corrected chi connectivity index (χ1v) is 14.9. The number of carbonyl (C=O) groups is 1. The first-order chi connectivity index (χ1) is 17.3. The minimum atomic E-state index is -2.45. The van der Waals surface area contributed by atoms with Crippen molar-refractivity contribution in [1.82, 2.24) is 5.32 Å². The van der Waals surface area contributed by atoms with Gasteiger partial charge in [0.2, 0.25) is 5.91 Å². The average Bonchev–Trinajstić information content (AvgIpc) is 2.90. The molecule has 6 heteroatoms. The Kier molecular flexibility index (Phi) is 10.4. The van der Waals surface area contributed by atoms with Gasteiger partial charge < -0.3 is 0 Å². The lowest BCUT2D eigenvalue weighted by Crippen LogP contribution is -2.41. The quantitative estimate of drug-likeness (QED) is 0.124. The normalized spacial score (nSPS) is 11.9. The molecule has 0 unspecified atom stereocenters. The lowest BCUT2D eigenvalue weighted by molar-refractivity contribution is -0.127. The Balaban J connectivity index is 0.00000380. The van der Waals surface area contributed by atoms with Crippen molar-refractivity contribution in [3.05, 3.63) is 131 Å². The van der Waals surface area contributed by atoms with Gasteiger partial charge in [0.15, 0.2) is 12.7 Å². The van der Waals surface area contributed by atoms with Crippen LogP contribution in [0.2, 0.25) is 5.02 Å². The Morgan fingerprint density at radius 2 is 1.14 bits per heavy atom. The van der Waals surface area contributed by atoms with Crippen LogP contribution >= 0.6 is 54.6 Å². The van der Waals surface area contributed by atoms with Gasteiger partial charge in [-0.15, -0.1) is 24.0 Å². The van der Waals surface area contributed by atoms with E-state index in [-0.39, 0.29) is 29.9 Å². The molecule has 0 aliphatic heterocycles. The van der Waals surface area contributed by atoms with Crippen LogP contribution in [0.4, 0.5) is 0 Å². The third-order valence-electron chi connectivity index (χ3n) is 5.83. The minimum absolute atomic E-state index is 0. The van der Waals surface area contributed by atoms with E-state index in [1.807, 2.05) is 63.2 Å². The van der Waals surface area contributed by atoms with E-state index in [4.69, 9.17) is 11.6 Å². The number of nitrogens with one attached hydrogen (secondary N) is 1. The molecule has 0 spiro atoms. The van der Waals surface area contributed by atoms with E-state index < -0.39 is 12.7 Å². The topological polar surface area (TPSA) is 29.1 Å². The fourth-order valence-electron chi connectivity index (χ4n) is 3.95. The van der Waals surface area contributed by atoms with Crippen LogP contribution in [0.15, 0.2) is 131 Å². The van der Waals surface area contributed by atoms with Gasteiger partial charge in [0.25, 0.3) is 0 Å². The van der Waals surface area contributed by atoms with E-state index >= 15 is 0 Å². The van der Waals surface area contributed by atoms with Gasteiger partial charge in [0.1, 0.15) is 15.9 Å². The van der Waals surface area contributed by atoms with Crippen molar-refractivity contribution in [1.29, 1.82) is 0 Å². The van der Waals surface area contributed by atoms with Crippen LogP contribution < -0.4 is 21.2 Å². The van der Waals surface area contributed by atoms with Crippen LogP contribution in [0.3, 0.4) is 0 Å². The van der Waals surface area contributed by atoms with Gasteiger partial charge in [0, 0.05) is 20.7 Å². The first-order valence-electron chi connectivity index (χ1n) is 11.8. The summed E-state index contributed by atoms with van der Waals surface area (Å²) >= 11 is 7.72. The summed E-state index contributed by atoms with van der Waals surface area (Å²) in [6.45, 7) is 5.83. The number of amides is 1. The number of hydrogen-bond donors (Lipinski definition) is 1. The molecule has 4 aromatic rings. The van der Waals surface area contributed by atoms with Crippen LogP contribution in [-0.2, 0) is 4.79 Å². The van der Waals surface area contributed by atoms with Crippen LogP contribution in [0, 0.1) is 5.41 Å². The zero-order chi connectivity index (χ0) is 25.6. The lowest BCUT2D eigenvalue weighted by atomic mass is 9.96. The molecule has 0 saturated heterocycles. The maximum Gasteiger partial charge on any atom is 0.232 e. The fraction of sp³-hybridized carbons (Fsp3) is 0.129. The second-order valence-electron chi connectivity index (χ2n) is 9.46. The minimum Gasteiger partial charge on any atom is -0.295 e. The maximum absolute atomic E-state index is 13.5. The van der Waals surface area contributed by atoms with Crippen molar-refractivity contribution in [3.63, 3.8) is 0 Å². The summed E-state index contributed by atoms with van der Waals surface area (Å²) in [6.07, 6.45) is 0. The molecule has 0 heterocycles. The zero-order valence-electron chi connectivity index (χ0n) is 21.1. The molecule has 0 atom stereocenters. The van der Waals surface area contributed by atoms with Gasteiger partial charge in [-0.05, 0) is 60.7 Å². The standard InChI is InChI=1S/C31H29ClNOPS.HI/c1-31(2,3)30(34)33-29(23-36-28-21-19-24(32)20-22-28)35(25-13-7-4-8-14-25,26-15-9-5-10-16-26)27-17-11-6-12-18-27;/h4-23H,1-3H3;1H/p+1/b29-23+;.